The molecule has 0 spiro atoms. The predicted molar refractivity (Wildman–Crippen MR) is 78.5 cm³/mol. The van der Waals surface area contributed by atoms with Gasteiger partial charge in [-0.1, -0.05) is 19.8 Å². The van der Waals surface area contributed by atoms with Crippen LogP contribution in [0.2, 0.25) is 0 Å². The lowest BCUT2D eigenvalue weighted by atomic mass is 10.2. The summed E-state index contributed by atoms with van der Waals surface area (Å²) < 4.78 is 0. The molecule has 4 heteroatoms. The molecule has 0 amide bonds. The Morgan fingerprint density at radius 1 is 1.11 bits per heavy atom. The third kappa shape index (κ3) is 3.86. The minimum atomic E-state index is 0.828. The van der Waals surface area contributed by atoms with Crippen molar-refractivity contribution < 1.29 is 0 Å². The summed E-state index contributed by atoms with van der Waals surface area (Å²) in [6.07, 6.45) is 3.73. The van der Waals surface area contributed by atoms with Crippen molar-refractivity contribution in [2.75, 3.05) is 30.4 Å². The van der Waals surface area contributed by atoms with E-state index >= 15 is 0 Å². The molecule has 0 bridgehead atoms. The van der Waals surface area contributed by atoms with E-state index in [1.807, 2.05) is 6.92 Å². The zero-order valence-electron chi connectivity index (χ0n) is 12.4. The van der Waals surface area contributed by atoms with Crippen molar-refractivity contribution in [1.82, 2.24) is 9.97 Å². The molecule has 1 rings (SSSR count). The first kappa shape index (κ1) is 14.7. The highest BCUT2D eigenvalue weighted by Crippen LogP contribution is 2.22. The van der Waals surface area contributed by atoms with Crippen molar-refractivity contribution in [2.45, 2.75) is 47.0 Å². The summed E-state index contributed by atoms with van der Waals surface area (Å²) in [7, 11) is 2.11. The van der Waals surface area contributed by atoms with E-state index in [9.17, 15) is 0 Å². The molecule has 1 heterocycles. The Labute approximate surface area is 111 Å². The molecule has 1 N–H and O–H groups in total. The van der Waals surface area contributed by atoms with E-state index in [0.29, 0.717) is 0 Å². The van der Waals surface area contributed by atoms with Crippen molar-refractivity contribution in [3.8, 4) is 0 Å². The van der Waals surface area contributed by atoms with Crippen molar-refractivity contribution in [1.29, 1.82) is 0 Å². The van der Waals surface area contributed by atoms with Gasteiger partial charge in [0.1, 0.15) is 17.5 Å². The number of hydrogen-bond acceptors (Lipinski definition) is 4. The predicted octanol–water partition coefficient (Wildman–Crippen LogP) is 3.15. The summed E-state index contributed by atoms with van der Waals surface area (Å²) in [5.74, 6) is 2.84. The maximum Gasteiger partial charge on any atom is 0.137 e. The molecule has 0 radical (unpaired) electrons. The number of nitrogens with one attached hydrogen (secondary N) is 1. The summed E-state index contributed by atoms with van der Waals surface area (Å²) in [4.78, 5) is 11.3. The Bertz CT molecular complexity index is 376. The highest BCUT2D eigenvalue weighted by Gasteiger charge is 2.12. The van der Waals surface area contributed by atoms with Crippen LogP contribution in [0.5, 0.6) is 0 Å². The molecule has 4 nitrogen and oxygen atoms in total. The van der Waals surface area contributed by atoms with Crippen molar-refractivity contribution in [2.24, 2.45) is 0 Å². The maximum absolute atomic E-state index is 4.57. The largest absolute Gasteiger partial charge is 0.370 e. The first-order valence-electron chi connectivity index (χ1n) is 6.90. The van der Waals surface area contributed by atoms with Gasteiger partial charge in [0, 0.05) is 25.7 Å². The Balaban J connectivity index is 2.86. The molecule has 1 aromatic heterocycles. The van der Waals surface area contributed by atoms with E-state index in [-0.39, 0.29) is 0 Å². The molecule has 0 saturated heterocycles. The molecular formula is C14H26N4. The van der Waals surface area contributed by atoms with Crippen molar-refractivity contribution >= 4 is 11.6 Å². The molecule has 0 aliphatic rings. The number of hydrogen-bond donors (Lipinski definition) is 1. The summed E-state index contributed by atoms with van der Waals surface area (Å²) in [6.45, 7) is 10.3. The van der Waals surface area contributed by atoms with Gasteiger partial charge in [0.15, 0.2) is 0 Å². The summed E-state index contributed by atoms with van der Waals surface area (Å²) in [5.41, 5.74) is 1.14. The van der Waals surface area contributed by atoms with Crippen LogP contribution in [-0.4, -0.2) is 30.1 Å². The molecule has 0 unspecified atom stereocenters. The van der Waals surface area contributed by atoms with Crippen LogP contribution in [-0.2, 0) is 0 Å². The van der Waals surface area contributed by atoms with Crippen molar-refractivity contribution in [3.05, 3.63) is 11.4 Å². The van der Waals surface area contributed by atoms with E-state index in [0.717, 1.165) is 36.1 Å². The summed E-state index contributed by atoms with van der Waals surface area (Å²) >= 11 is 0. The lowest BCUT2D eigenvalue weighted by molar-refractivity contribution is 0.699. The summed E-state index contributed by atoms with van der Waals surface area (Å²) in [5, 5.41) is 3.30. The van der Waals surface area contributed by atoms with Crippen molar-refractivity contribution in [3.63, 3.8) is 0 Å². The zero-order valence-corrected chi connectivity index (χ0v) is 12.4. The van der Waals surface area contributed by atoms with Crippen LogP contribution in [0.3, 0.4) is 0 Å². The van der Waals surface area contributed by atoms with E-state index < -0.39 is 0 Å². The van der Waals surface area contributed by atoms with Crippen LogP contribution in [0, 0.1) is 13.8 Å². The number of aryl methyl sites for hydroxylation is 1. The number of aromatic nitrogens is 2. The second-order valence-corrected chi connectivity index (χ2v) is 4.73. The first-order valence-corrected chi connectivity index (χ1v) is 6.90. The van der Waals surface area contributed by atoms with Gasteiger partial charge < -0.3 is 10.2 Å². The quantitative estimate of drug-likeness (QED) is 0.755. The van der Waals surface area contributed by atoms with Crippen LogP contribution in [0.4, 0.5) is 11.6 Å². The second-order valence-electron chi connectivity index (χ2n) is 4.73. The molecule has 0 aliphatic heterocycles. The number of anilines is 2. The Morgan fingerprint density at radius 3 is 2.44 bits per heavy atom. The Hall–Kier alpha value is -1.32. The second kappa shape index (κ2) is 7.19. The minimum Gasteiger partial charge on any atom is -0.370 e. The molecule has 0 fully saturated rings. The van der Waals surface area contributed by atoms with Gasteiger partial charge in [-0.15, -0.1) is 0 Å². The summed E-state index contributed by atoms with van der Waals surface area (Å²) in [6, 6.07) is 0. The Kier molecular flexibility index (Phi) is 5.89. The minimum absolute atomic E-state index is 0.828. The van der Waals surface area contributed by atoms with Gasteiger partial charge in [0.05, 0.1) is 0 Å². The lowest BCUT2D eigenvalue weighted by Crippen LogP contribution is -2.22. The van der Waals surface area contributed by atoms with Crippen LogP contribution in [0.25, 0.3) is 0 Å². The first-order chi connectivity index (χ1) is 8.60. The average Bonchev–Trinajstić information content (AvgIpc) is 2.34. The van der Waals surface area contributed by atoms with Gasteiger partial charge in [0.2, 0.25) is 0 Å². The number of nitrogens with zero attached hydrogens (tertiary/aromatic N) is 3. The molecule has 0 saturated carbocycles. The molecule has 1 aromatic rings. The van der Waals surface area contributed by atoms with Crippen LogP contribution in [0.1, 0.15) is 44.5 Å². The standard InChI is InChI=1S/C14H26N4/c1-6-8-9-10-18(5)14-11(3)13(15-7-2)16-12(4)17-14/h6-10H2,1-5H3,(H,15,16,17). The average molecular weight is 250 g/mol. The van der Waals surface area contributed by atoms with E-state index in [2.05, 4.69) is 48.0 Å². The van der Waals surface area contributed by atoms with Gasteiger partial charge in [-0.3, -0.25) is 0 Å². The van der Waals surface area contributed by atoms with Crippen LogP contribution in [0.15, 0.2) is 0 Å². The van der Waals surface area contributed by atoms with Gasteiger partial charge >= 0.3 is 0 Å². The number of rotatable bonds is 7. The Morgan fingerprint density at radius 2 is 1.83 bits per heavy atom. The van der Waals surface area contributed by atoms with Gasteiger partial charge in [-0.25, -0.2) is 9.97 Å². The number of unbranched alkanes of at least 4 members (excludes halogenated alkanes) is 2. The fraction of sp³-hybridized carbons (Fsp3) is 0.714. The maximum atomic E-state index is 4.57. The van der Waals surface area contributed by atoms with Gasteiger partial charge in [-0.2, -0.15) is 0 Å². The zero-order chi connectivity index (χ0) is 13.5. The van der Waals surface area contributed by atoms with Crippen LogP contribution < -0.4 is 10.2 Å². The molecule has 18 heavy (non-hydrogen) atoms. The van der Waals surface area contributed by atoms with Crippen LogP contribution >= 0.6 is 0 Å². The monoisotopic (exact) mass is 250 g/mol. The highest BCUT2D eigenvalue weighted by molar-refractivity contribution is 5.58. The van der Waals surface area contributed by atoms with E-state index in [4.69, 9.17) is 0 Å². The fourth-order valence-corrected chi connectivity index (χ4v) is 2.03. The normalized spacial score (nSPS) is 10.5. The molecule has 0 aliphatic carbocycles. The smallest absolute Gasteiger partial charge is 0.137 e. The third-order valence-corrected chi connectivity index (χ3v) is 3.03. The third-order valence-electron chi connectivity index (χ3n) is 3.03. The molecular weight excluding hydrogens is 224 g/mol. The molecule has 0 aromatic carbocycles. The lowest BCUT2D eigenvalue weighted by Gasteiger charge is -2.22. The van der Waals surface area contributed by atoms with E-state index in [1.165, 1.54) is 19.3 Å². The molecule has 0 atom stereocenters. The van der Waals surface area contributed by atoms with Gasteiger partial charge in [-0.05, 0) is 27.2 Å². The topological polar surface area (TPSA) is 41.1 Å². The molecule has 102 valence electrons. The van der Waals surface area contributed by atoms with E-state index in [1.54, 1.807) is 0 Å². The highest BCUT2D eigenvalue weighted by atomic mass is 15.2. The SMILES string of the molecule is CCCCCN(C)c1nc(C)nc(NCC)c1C. The fourth-order valence-electron chi connectivity index (χ4n) is 2.03. The van der Waals surface area contributed by atoms with Gasteiger partial charge in [0.25, 0.3) is 0 Å².